The van der Waals surface area contributed by atoms with Crippen LogP contribution in [0.15, 0.2) is 12.1 Å². The number of alkyl halides is 1. The van der Waals surface area contributed by atoms with Gasteiger partial charge < -0.3 is 5.73 Å². The lowest BCUT2D eigenvalue weighted by Crippen LogP contribution is -2.16. The number of hydrogen-bond acceptors (Lipinski definition) is 1. The van der Waals surface area contributed by atoms with Gasteiger partial charge in [0.2, 0.25) is 0 Å². The molecule has 1 aromatic rings. The molecule has 2 N–H and O–H groups in total. The molecule has 0 unspecified atom stereocenters. The molecular formula is C14H20ClF2N. The molecule has 1 nitrogen and oxygen atoms in total. The highest BCUT2D eigenvalue weighted by Crippen LogP contribution is 2.32. The maximum atomic E-state index is 13.7. The van der Waals surface area contributed by atoms with Gasteiger partial charge in [-0.2, -0.15) is 0 Å². The molecule has 1 aromatic carbocycles. The summed E-state index contributed by atoms with van der Waals surface area (Å²) in [5, 5.41) is 0.155. The van der Waals surface area contributed by atoms with E-state index < -0.39 is 12.0 Å². The van der Waals surface area contributed by atoms with Crippen molar-refractivity contribution in [3.8, 4) is 0 Å². The number of rotatable bonds is 4. The quantitative estimate of drug-likeness (QED) is 0.883. The smallest absolute Gasteiger partial charge is 0.142 e. The molecule has 0 heterocycles. The van der Waals surface area contributed by atoms with Gasteiger partial charge in [-0.15, -0.1) is 0 Å². The number of halogens is 3. The second kappa shape index (κ2) is 5.98. The largest absolute Gasteiger partial charge is 0.328 e. The SMILES string of the molecule is CC(C)(C)c1cc(CC[C@@H](F)CN)cc(F)c1Cl. The fourth-order valence-corrected chi connectivity index (χ4v) is 2.17. The summed E-state index contributed by atoms with van der Waals surface area (Å²) in [4.78, 5) is 0. The van der Waals surface area contributed by atoms with Gasteiger partial charge in [-0.05, 0) is 35.4 Å². The van der Waals surface area contributed by atoms with E-state index in [1.165, 1.54) is 6.07 Å². The minimum Gasteiger partial charge on any atom is -0.328 e. The Morgan fingerprint density at radius 1 is 1.33 bits per heavy atom. The van der Waals surface area contributed by atoms with Crippen LogP contribution in [0.2, 0.25) is 5.02 Å². The first-order chi connectivity index (χ1) is 8.25. The van der Waals surface area contributed by atoms with Crippen LogP contribution < -0.4 is 5.73 Å². The van der Waals surface area contributed by atoms with Crippen LogP contribution in [0.3, 0.4) is 0 Å². The summed E-state index contributed by atoms with van der Waals surface area (Å²) in [5.74, 6) is -0.442. The Balaban J connectivity index is 2.98. The summed E-state index contributed by atoms with van der Waals surface area (Å²) < 4.78 is 26.8. The molecule has 0 bridgehead atoms. The van der Waals surface area contributed by atoms with E-state index in [9.17, 15) is 8.78 Å². The Morgan fingerprint density at radius 2 is 1.94 bits per heavy atom. The Labute approximate surface area is 112 Å². The van der Waals surface area contributed by atoms with Crippen molar-refractivity contribution in [2.45, 2.75) is 45.2 Å². The highest BCUT2D eigenvalue weighted by atomic mass is 35.5. The highest BCUT2D eigenvalue weighted by Gasteiger charge is 2.20. The van der Waals surface area contributed by atoms with Gasteiger partial charge in [0.15, 0.2) is 0 Å². The number of nitrogens with two attached hydrogens (primary N) is 1. The highest BCUT2D eigenvalue weighted by molar-refractivity contribution is 6.31. The molecule has 102 valence electrons. The molecule has 0 spiro atoms. The third kappa shape index (κ3) is 3.92. The van der Waals surface area contributed by atoms with Gasteiger partial charge in [0, 0.05) is 6.54 Å². The lowest BCUT2D eigenvalue weighted by molar-refractivity contribution is 0.322. The molecular weight excluding hydrogens is 256 g/mol. The predicted octanol–water partition coefficient (Wildman–Crippen LogP) is 4.01. The van der Waals surface area contributed by atoms with Crippen LogP contribution in [0.25, 0.3) is 0 Å². The van der Waals surface area contributed by atoms with E-state index in [1.807, 2.05) is 26.8 Å². The zero-order chi connectivity index (χ0) is 13.9. The molecule has 0 saturated heterocycles. The third-order valence-electron chi connectivity index (χ3n) is 2.90. The molecule has 1 atom stereocenters. The van der Waals surface area contributed by atoms with E-state index >= 15 is 0 Å². The molecule has 0 aliphatic heterocycles. The van der Waals surface area contributed by atoms with Crippen LogP contribution in [0, 0.1) is 5.82 Å². The van der Waals surface area contributed by atoms with Crippen molar-refractivity contribution in [2.24, 2.45) is 5.73 Å². The molecule has 0 aliphatic carbocycles. The molecule has 0 fully saturated rings. The van der Waals surface area contributed by atoms with Crippen LogP contribution in [-0.2, 0) is 11.8 Å². The van der Waals surface area contributed by atoms with Crippen molar-refractivity contribution in [1.29, 1.82) is 0 Å². The summed E-state index contributed by atoms with van der Waals surface area (Å²) >= 11 is 5.97. The van der Waals surface area contributed by atoms with Gasteiger partial charge in [-0.1, -0.05) is 38.4 Å². The van der Waals surface area contributed by atoms with Crippen LogP contribution in [0.1, 0.15) is 38.3 Å². The first kappa shape index (κ1) is 15.4. The van der Waals surface area contributed by atoms with E-state index in [0.29, 0.717) is 12.8 Å². The molecule has 1 rings (SSSR count). The molecule has 0 aromatic heterocycles. The molecule has 0 saturated carbocycles. The van der Waals surface area contributed by atoms with Crippen molar-refractivity contribution in [2.75, 3.05) is 6.54 Å². The third-order valence-corrected chi connectivity index (χ3v) is 3.28. The maximum absolute atomic E-state index is 13.7. The van der Waals surface area contributed by atoms with Crippen LogP contribution >= 0.6 is 11.6 Å². The predicted molar refractivity (Wildman–Crippen MR) is 72.4 cm³/mol. The lowest BCUT2D eigenvalue weighted by Gasteiger charge is -2.22. The van der Waals surface area contributed by atoms with Gasteiger partial charge in [-0.25, -0.2) is 8.78 Å². The zero-order valence-corrected chi connectivity index (χ0v) is 11.8. The molecule has 18 heavy (non-hydrogen) atoms. The molecule has 0 amide bonds. The minimum absolute atomic E-state index is 0.00218. The number of hydrogen-bond donors (Lipinski definition) is 1. The van der Waals surface area contributed by atoms with Crippen molar-refractivity contribution < 1.29 is 8.78 Å². The average Bonchev–Trinajstić information content (AvgIpc) is 2.28. The lowest BCUT2D eigenvalue weighted by atomic mass is 9.85. The monoisotopic (exact) mass is 275 g/mol. The molecule has 0 aliphatic rings. The van der Waals surface area contributed by atoms with E-state index in [-0.39, 0.29) is 17.0 Å². The normalized spacial score (nSPS) is 13.7. The summed E-state index contributed by atoms with van der Waals surface area (Å²) in [6.07, 6.45) is -0.265. The fraction of sp³-hybridized carbons (Fsp3) is 0.571. The van der Waals surface area contributed by atoms with E-state index in [2.05, 4.69) is 0 Å². The first-order valence-electron chi connectivity index (χ1n) is 6.08. The van der Waals surface area contributed by atoms with E-state index in [1.54, 1.807) is 0 Å². The Morgan fingerprint density at radius 3 is 2.44 bits per heavy atom. The van der Waals surface area contributed by atoms with Crippen molar-refractivity contribution in [3.63, 3.8) is 0 Å². The fourth-order valence-electron chi connectivity index (χ4n) is 1.78. The van der Waals surface area contributed by atoms with Crippen molar-refractivity contribution in [1.82, 2.24) is 0 Å². The Kier molecular flexibility index (Phi) is 5.11. The summed E-state index contributed by atoms with van der Waals surface area (Å²) in [6.45, 7) is 5.90. The van der Waals surface area contributed by atoms with Gasteiger partial charge >= 0.3 is 0 Å². The molecule has 4 heteroatoms. The van der Waals surface area contributed by atoms with Gasteiger partial charge in [0.05, 0.1) is 5.02 Å². The average molecular weight is 276 g/mol. The number of benzene rings is 1. The minimum atomic E-state index is -1.04. The second-order valence-corrected chi connectivity index (χ2v) is 5.94. The van der Waals surface area contributed by atoms with Crippen molar-refractivity contribution >= 4 is 11.6 Å². The number of aryl methyl sites for hydroxylation is 1. The van der Waals surface area contributed by atoms with Gasteiger partial charge in [-0.3, -0.25) is 0 Å². The Hall–Kier alpha value is -0.670. The van der Waals surface area contributed by atoms with Crippen molar-refractivity contribution in [3.05, 3.63) is 34.1 Å². The van der Waals surface area contributed by atoms with Crippen LogP contribution in [-0.4, -0.2) is 12.7 Å². The maximum Gasteiger partial charge on any atom is 0.142 e. The van der Waals surface area contributed by atoms with Gasteiger partial charge in [0.25, 0.3) is 0 Å². The summed E-state index contributed by atoms with van der Waals surface area (Å²) in [7, 11) is 0. The van der Waals surface area contributed by atoms with E-state index in [0.717, 1.165) is 11.1 Å². The topological polar surface area (TPSA) is 26.0 Å². The Bertz CT molecular complexity index is 413. The van der Waals surface area contributed by atoms with E-state index in [4.69, 9.17) is 17.3 Å². The van der Waals surface area contributed by atoms with Gasteiger partial charge in [0.1, 0.15) is 12.0 Å². The zero-order valence-electron chi connectivity index (χ0n) is 11.1. The summed E-state index contributed by atoms with van der Waals surface area (Å²) in [6, 6.07) is 3.23. The van der Waals surface area contributed by atoms with Crippen LogP contribution in [0.5, 0.6) is 0 Å². The molecule has 0 radical (unpaired) electrons. The standard InChI is InChI=1S/C14H20ClF2N/c1-14(2,3)11-6-9(4-5-10(16)8-18)7-12(17)13(11)15/h6-7,10H,4-5,8,18H2,1-3H3/t10-/m1/s1. The first-order valence-corrected chi connectivity index (χ1v) is 6.46. The summed E-state index contributed by atoms with van der Waals surface area (Å²) in [5.41, 5.74) is 6.49. The van der Waals surface area contributed by atoms with Crippen LogP contribution in [0.4, 0.5) is 8.78 Å². The second-order valence-electron chi connectivity index (χ2n) is 5.56.